The normalized spacial score (nSPS) is 22.6. The number of benzene rings is 1. The predicted octanol–water partition coefficient (Wildman–Crippen LogP) is 2.46. The van der Waals surface area contributed by atoms with Crippen molar-refractivity contribution >= 4 is 40.4 Å². The fraction of sp³-hybridized carbons (Fsp3) is 0.429. The molecule has 0 aromatic heterocycles. The monoisotopic (exact) mass is 356 g/mol. The third-order valence-corrected chi connectivity index (χ3v) is 4.60. The second-order valence-electron chi connectivity index (χ2n) is 5.14. The Morgan fingerprint density at radius 1 is 1.40 bits per heavy atom. The van der Waals surface area contributed by atoms with Gasteiger partial charge in [0.2, 0.25) is 5.91 Å². The Kier molecular flexibility index (Phi) is 4.75. The molecule has 2 unspecified atom stereocenters. The Bertz CT molecular complexity index is 550. The van der Waals surface area contributed by atoms with Crippen molar-refractivity contribution in [3.8, 4) is 0 Å². The van der Waals surface area contributed by atoms with Gasteiger partial charge >= 0.3 is 0 Å². The third kappa shape index (κ3) is 3.17. The Labute approximate surface area is 132 Å². The van der Waals surface area contributed by atoms with Crippen LogP contribution in [0.15, 0.2) is 27.6 Å². The number of carbonyl (C=O) groups excluding carboxylic acids is 2. The number of halogens is 1. The van der Waals surface area contributed by atoms with Crippen LogP contribution < -0.4 is 5.73 Å². The van der Waals surface area contributed by atoms with E-state index in [9.17, 15) is 9.59 Å². The van der Waals surface area contributed by atoms with Gasteiger partial charge in [0.05, 0.1) is 11.5 Å². The number of piperidine rings is 1. The molecule has 1 fully saturated rings. The quantitative estimate of drug-likeness (QED) is 0.799. The summed E-state index contributed by atoms with van der Waals surface area (Å²) in [4.78, 5) is 26.3. The minimum absolute atomic E-state index is 0.0963. The number of rotatable bonds is 2. The highest BCUT2D eigenvalue weighted by molar-refractivity contribution is 9.10. The van der Waals surface area contributed by atoms with Gasteiger partial charge in [-0.1, -0.05) is 15.9 Å². The van der Waals surface area contributed by atoms with Gasteiger partial charge in [0, 0.05) is 22.0 Å². The van der Waals surface area contributed by atoms with Gasteiger partial charge in [-0.15, -0.1) is 12.6 Å². The van der Waals surface area contributed by atoms with E-state index in [1.165, 1.54) is 0 Å². The van der Waals surface area contributed by atoms with Gasteiger partial charge in [0.15, 0.2) is 0 Å². The number of likely N-dealkylation sites (tertiary alicyclic amines) is 1. The fourth-order valence-corrected chi connectivity index (χ4v) is 3.31. The molecule has 2 amide bonds. The molecule has 1 aliphatic rings. The predicted molar refractivity (Wildman–Crippen MR) is 83.8 cm³/mol. The lowest BCUT2D eigenvalue weighted by Crippen LogP contribution is -2.48. The first-order chi connectivity index (χ1) is 9.40. The molecule has 0 spiro atoms. The highest BCUT2D eigenvalue weighted by Gasteiger charge is 2.32. The molecular weight excluding hydrogens is 340 g/mol. The molecule has 1 aromatic rings. The van der Waals surface area contributed by atoms with Crippen molar-refractivity contribution in [2.45, 2.75) is 30.7 Å². The van der Waals surface area contributed by atoms with E-state index >= 15 is 0 Å². The molecule has 108 valence electrons. The molecule has 0 saturated carbocycles. The lowest BCUT2D eigenvalue weighted by atomic mass is 9.92. The fourth-order valence-electron chi connectivity index (χ4n) is 2.46. The van der Waals surface area contributed by atoms with Gasteiger partial charge in [-0.2, -0.15) is 0 Å². The molecule has 1 aromatic carbocycles. The maximum Gasteiger partial charge on any atom is 0.255 e. The van der Waals surface area contributed by atoms with E-state index in [1.54, 1.807) is 17.0 Å². The van der Waals surface area contributed by atoms with Gasteiger partial charge in [-0.25, -0.2) is 0 Å². The second-order valence-corrected chi connectivity index (χ2v) is 6.54. The van der Waals surface area contributed by atoms with Crippen LogP contribution in [0.3, 0.4) is 0 Å². The van der Waals surface area contributed by atoms with E-state index in [2.05, 4.69) is 28.6 Å². The molecule has 0 bridgehead atoms. The molecule has 1 aliphatic heterocycles. The number of amides is 2. The zero-order chi connectivity index (χ0) is 14.9. The summed E-state index contributed by atoms with van der Waals surface area (Å²) in [5.41, 5.74) is 5.91. The summed E-state index contributed by atoms with van der Waals surface area (Å²) in [6.45, 7) is 2.38. The molecular formula is C14H17BrN2O2S. The van der Waals surface area contributed by atoms with Crippen LogP contribution >= 0.6 is 28.6 Å². The van der Waals surface area contributed by atoms with E-state index in [-0.39, 0.29) is 23.8 Å². The van der Waals surface area contributed by atoms with Crippen LogP contribution in [-0.2, 0) is 4.79 Å². The molecule has 6 heteroatoms. The topological polar surface area (TPSA) is 63.4 Å². The first-order valence-electron chi connectivity index (χ1n) is 6.49. The van der Waals surface area contributed by atoms with Crippen molar-refractivity contribution < 1.29 is 9.59 Å². The average Bonchev–Trinajstić information content (AvgIpc) is 2.38. The first-order valence-corrected chi connectivity index (χ1v) is 7.73. The molecule has 1 saturated heterocycles. The highest BCUT2D eigenvalue weighted by Crippen LogP contribution is 2.26. The van der Waals surface area contributed by atoms with E-state index in [4.69, 9.17) is 5.73 Å². The summed E-state index contributed by atoms with van der Waals surface area (Å²) in [6, 6.07) is 5.45. The number of nitrogens with two attached hydrogens (primary N) is 1. The lowest BCUT2D eigenvalue weighted by Gasteiger charge is -2.37. The molecule has 0 aliphatic carbocycles. The molecule has 2 rings (SSSR count). The van der Waals surface area contributed by atoms with E-state index in [0.717, 1.165) is 17.3 Å². The lowest BCUT2D eigenvalue weighted by molar-refractivity contribution is -0.123. The zero-order valence-electron chi connectivity index (χ0n) is 11.2. The standard InChI is InChI=1S/C14H17BrN2O2S/c1-8-2-3-9(13(16)18)7-17(8)14(19)11-5-4-10(15)6-12(11)20/h4-6,8-9,20H,2-3,7H2,1H3,(H2,16,18). The van der Waals surface area contributed by atoms with Crippen LogP contribution in [0.25, 0.3) is 0 Å². The maximum atomic E-state index is 12.6. The summed E-state index contributed by atoms with van der Waals surface area (Å²) < 4.78 is 0.876. The van der Waals surface area contributed by atoms with Crippen molar-refractivity contribution in [1.82, 2.24) is 4.90 Å². The van der Waals surface area contributed by atoms with Crippen molar-refractivity contribution in [1.29, 1.82) is 0 Å². The summed E-state index contributed by atoms with van der Waals surface area (Å²) in [7, 11) is 0. The summed E-state index contributed by atoms with van der Waals surface area (Å²) >= 11 is 7.70. The summed E-state index contributed by atoms with van der Waals surface area (Å²) in [5.74, 6) is -0.688. The Morgan fingerprint density at radius 2 is 2.10 bits per heavy atom. The Balaban J connectivity index is 2.24. The van der Waals surface area contributed by atoms with Crippen molar-refractivity contribution in [2.24, 2.45) is 11.7 Å². The van der Waals surface area contributed by atoms with Crippen LogP contribution in [0.2, 0.25) is 0 Å². The first kappa shape index (κ1) is 15.4. The van der Waals surface area contributed by atoms with Crippen LogP contribution in [0.5, 0.6) is 0 Å². The van der Waals surface area contributed by atoms with Crippen LogP contribution in [-0.4, -0.2) is 29.3 Å². The third-order valence-electron chi connectivity index (χ3n) is 3.74. The second kappa shape index (κ2) is 6.18. The largest absolute Gasteiger partial charge is 0.369 e. The SMILES string of the molecule is CC1CCC(C(N)=O)CN1C(=O)c1ccc(Br)cc1S. The van der Waals surface area contributed by atoms with Gasteiger partial charge < -0.3 is 10.6 Å². The molecule has 4 nitrogen and oxygen atoms in total. The molecule has 2 N–H and O–H groups in total. The van der Waals surface area contributed by atoms with E-state index in [0.29, 0.717) is 17.0 Å². The Hall–Kier alpha value is -1.01. The van der Waals surface area contributed by atoms with Crippen LogP contribution in [0, 0.1) is 5.92 Å². The average molecular weight is 357 g/mol. The number of carbonyl (C=O) groups is 2. The minimum atomic E-state index is -0.336. The number of primary amides is 1. The minimum Gasteiger partial charge on any atom is -0.369 e. The van der Waals surface area contributed by atoms with Crippen molar-refractivity contribution in [2.75, 3.05) is 6.54 Å². The number of thiol groups is 1. The van der Waals surface area contributed by atoms with E-state index in [1.807, 2.05) is 13.0 Å². The number of hydrogen-bond donors (Lipinski definition) is 2. The van der Waals surface area contributed by atoms with Crippen LogP contribution in [0.4, 0.5) is 0 Å². The molecule has 1 heterocycles. The summed E-state index contributed by atoms with van der Waals surface area (Å²) in [5, 5.41) is 0. The maximum absolute atomic E-state index is 12.6. The number of nitrogens with zero attached hydrogens (tertiary/aromatic N) is 1. The van der Waals surface area contributed by atoms with Crippen molar-refractivity contribution in [3.05, 3.63) is 28.2 Å². The van der Waals surface area contributed by atoms with Gasteiger partial charge in [-0.3, -0.25) is 9.59 Å². The van der Waals surface area contributed by atoms with Gasteiger partial charge in [-0.05, 0) is 38.0 Å². The van der Waals surface area contributed by atoms with E-state index < -0.39 is 0 Å². The summed E-state index contributed by atoms with van der Waals surface area (Å²) in [6.07, 6.45) is 1.53. The number of hydrogen-bond acceptors (Lipinski definition) is 3. The van der Waals surface area contributed by atoms with Gasteiger partial charge in [0.25, 0.3) is 5.91 Å². The Morgan fingerprint density at radius 3 is 2.70 bits per heavy atom. The molecule has 0 radical (unpaired) electrons. The molecule has 2 atom stereocenters. The highest BCUT2D eigenvalue weighted by atomic mass is 79.9. The van der Waals surface area contributed by atoms with Crippen molar-refractivity contribution in [3.63, 3.8) is 0 Å². The zero-order valence-corrected chi connectivity index (χ0v) is 13.7. The van der Waals surface area contributed by atoms with Gasteiger partial charge in [0.1, 0.15) is 0 Å². The smallest absolute Gasteiger partial charge is 0.255 e. The van der Waals surface area contributed by atoms with Crippen LogP contribution in [0.1, 0.15) is 30.1 Å². The molecule has 20 heavy (non-hydrogen) atoms.